The molecule has 3 aromatic carbocycles. The van der Waals surface area contributed by atoms with E-state index in [4.69, 9.17) is 4.42 Å². The van der Waals surface area contributed by atoms with E-state index in [2.05, 4.69) is 20.3 Å². The number of ether oxygens (including phenoxy) is 1. The SMILES string of the molecule is Fc1ccc(C(Nc2ccc(OC(F)(F)F)cc2)c2nnc(-c3ccccc3)o2)cc1. The van der Waals surface area contributed by atoms with Gasteiger partial charge >= 0.3 is 6.36 Å². The van der Waals surface area contributed by atoms with E-state index in [-0.39, 0.29) is 11.6 Å². The smallest absolute Gasteiger partial charge is 0.418 e. The Hall–Kier alpha value is -3.88. The molecule has 1 unspecified atom stereocenters. The van der Waals surface area contributed by atoms with Crippen LogP contribution in [0.1, 0.15) is 17.5 Å². The van der Waals surface area contributed by atoms with Crippen molar-refractivity contribution in [2.24, 2.45) is 0 Å². The van der Waals surface area contributed by atoms with E-state index in [1.54, 1.807) is 12.1 Å². The molecule has 0 aliphatic rings. The molecule has 1 N–H and O–H groups in total. The van der Waals surface area contributed by atoms with E-state index in [9.17, 15) is 17.6 Å². The molecule has 4 rings (SSSR count). The predicted molar refractivity (Wildman–Crippen MR) is 105 cm³/mol. The predicted octanol–water partition coefficient (Wildman–Crippen LogP) is 5.98. The number of anilines is 1. The molecule has 1 heterocycles. The molecule has 4 aromatic rings. The number of nitrogens with zero attached hydrogens (tertiary/aromatic N) is 2. The second-order valence-electron chi connectivity index (χ2n) is 6.51. The normalized spacial score (nSPS) is 12.4. The van der Waals surface area contributed by atoms with Crippen molar-refractivity contribution in [2.45, 2.75) is 12.4 Å². The molecule has 158 valence electrons. The lowest BCUT2D eigenvalue weighted by Crippen LogP contribution is -2.17. The van der Waals surface area contributed by atoms with Crippen LogP contribution in [0.3, 0.4) is 0 Å². The van der Waals surface area contributed by atoms with Crippen molar-refractivity contribution in [3.8, 4) is 17.2 Å². The van der Waals surface area contributed by atoms with Crippen LogP contribution in [0.2, 0.25) is 0 Å². The topological polar surface area (TPSA) is 60.2 Å². The van der Waals surface area contributed by atoms with Crippen LogP contribution >= 0.6 is 0 Å². The Labute approximate surface area is 174 Å². The number of rotatable bonds is 6. The molecule has 0 aliphatic heterocycles. The molecule has 1 aromatic heterocycles. The first-order valence-corrected chi connectivity index (χ1v) is 9.14. The van der Waals surface area contributed by atoms with Crippen LogP contribution in [0.15, 0.2) is 83.3 Å². The van der Waals surface area contributed by atoms with Crippen LogP contribution < -0.4 is 10.1 Å². The van der Waals surface area contributed by atoms with Crippen LogP contribution in [-0.4, -0.2) is 16.6 Å². The molecular formula is C22H15F4N3O2. The summed E-state index contributed by atoms with van der Waals surface area (Å²) in [6, 6.07) is 19.4. The Morgan fingerprint density at radius 3 is 2.16 bits per heavy atom. The number of alkyl halides is 3. The van der Waals surface area contributed by atoms with Gasteiger partial charge in [0, 0.05) is 11.3 Å². The second-order valence-corrected chi connectivity index (χ2v) is 6.51. The van der Waals surface area contributed by atoms with E-state index in [1.165, 1.54) is 36.4 Å². The molecule has 5 nitrogen and oxygen atoms in total. The van der Waals surface area contributed by atoms with Gasteiger partial charge in [-0.25, -0.2) is 4.39 Å². The molecule has 0 saturated carbocycles. The lowest BCUT2D eigenvalue weighted by atomic mass is 10.1. The van der Waals surface area contributed by atoms with Crippen LogP contribution in [0.25, 0.3) is 11.5 Å². The first kappa shape index (κ1) is 20.4. The van der Waals surface area contributed by atoms with Gasteiger partial charge in [-0.3, -0.25) is 0 Å². The standard InChI is InChI=1S/C22H15F4N3O2/c23-16-8-6-14(7-9-16)19(21-29-28-20(30-21)15-4-2-1-3-5-15)27-17-10-12-18(13-11-17)31-22(24,25)26/h1-13,19,27H. The summed E-state index contributed by atoms with van der Waals surface area (Å²) in [5.41, 5.74) is 1.83. The number of hydrogen-bond acceptors (Lipinski definition) is 5. The Morgan fingerprint density at radius 1 is 0.839 bits per heavy atom. The maximum atomic E-state index is 13.4. The fraction of sp³-hybridized carbons (Fsp3) is 0.0909. The highest BCUT2D eigenvalue weighted by Crippen LogP contribution is 2.30. The van der Waals surface area contributed by atoms with Gasteiger partial charge in [0.2, 0.25) is 11.8 Å². The van der Waals surface area contributed by atoms with Gasteiger partial charge < -0.3 is 14.5 Å². The van der Waals surface area contributed by atoms with Crippen molar-refractivity contribution < 1.29 is 26.7 Å². The summed E-state index contributed by atoms with van der Waals surface area (Å²) < 4.78 is 60.2. The molecule has 0 radical (unpaired) electrons. The van der Waals surface area contributed by atoms with Gasteiger partial charge in [0.15, 0.2) is 0 Å². The van der Waals surface area contributed by atoms with Gasteiger partial charge in [0.05, 0.1) is 0 Å². The van der Waals surface area contributed by atoms with Crippen molar-refractivity contribution >= 4 is 5.69 Å². The lowest BCUT2D eigenvalue weighted by molar-refractivity contribution is -0.274. The molecular weight excluding hydrogens is 414 g/mol. The molecule has 0 aliphatic carbocycles. The van der Waals surface area contributed by atoms with Crippen molar-refractivity contribution in [1.29, 1.82) is 0 Å². The monoisotopic (exact) mass is 429 g/mol. The van der Waals surface area contributed by atoms with Gasteiger partial charge in [0.25, 0.3) is 0 Å². The zero-order valence-electron chi connectivity index (χ0n) is 15.8. The van der Waals surface area contributed by atoms with E-state index in [1.807, 2.05) is 30.3 Å². The highest BCUT2D eigenvalue weighted by atomic mass is 19.4. The number of halogens is 4. The van der Waals surface area contributed by atoms with E-state index >= 15 is 0 Å². The van der Waals surface area contributed by atoms with Crippen molar-refractivity contribution in [1.82, 2.24) is 10.2 Å². The minimum Gasteiger partial charge on any atom is -0.418 e. The summed E-state index contributed by atoms with van der Waals surface area (Å²) in [5, 5.41) is 11.3. The van der Waals surface area contributed by atoms with Gasteiger partial charge in [0.1, 0.15) is 17.6 Å². The van der Waals surface area contributed by atoms with Crippen LogP contribution in [0.4, 0.5) is 23.2 Å². The van der Waals surface area contributed by atoms with Crippen molar-refractivity contribution in [2.75, 3.05) is 5.32 Å². The number of nitrogens with one attached hydrogen (secondary N) is 1. The maximum Gasteiger partial charge on any atom is 0.573 e. The molecule has 0 bridgehead atoms. The van der Waals surface area contributed by atoms with Crippen molar-refractivity contribution in [3.63, 3.8) is 0 Å². The Balaban J connectivity index is 1.63. The van der Waals surface area contributed by atoms with Gasteiger partial charge in [-0.2, -0.15) is 0 Å². The summed E-state index contributed by atoms with van der Waals surface area (Å²) in [5.74, 6) is -0.244. The molecule has 9 heteroatoms. The Bertz CT molecular complexity index is 1130. The fourth-order valence-electron chi connectivity index (χ4n) is 2.91. The van der Waals surface area contributed by atoms with Crippen LogP contribution in [-0.2, 0) is 0 Å². The van der Waals surface area contributed by atoms with Crippen LogP contribution in [0.5, 0.6) is 5.75 Å². The van der Waals surface area contributed by atoms with Gasteiger partial charge in [-0.15, -0.1) is 23.4 Å². The van der Waals surface area contributed by atoms with Crippen molar-refractivity contribution in [3.05, 3.63) is 96.1 Å². The first-order chi connectivity index (χ1) is 14.9. The second kappa shape index (κ2) is 8.47. The summed E-state index contributed by atoms with van der Waals surface area (Å²) in [6.45, 7) is 0. The summed E-state index contributed by atoms with van der Waals surface area (Å²) in [4.78, 5) is 0. The van der Waals surface area contributed by atoms with Gasteiger partial charge in [-0.1, -0.05) is 30.3 Å². The summed E-state index contributed by atoms with van der Waals surface area (Å²) in [6.07, 6.45) is -4.77. The summed E-state index contributed by atoms with van der Waals surface area (Å²) >= 11 is 0. The minimum atomic E-state index is -4.77. The molecule has 0 fully saturated rings. The van der Waals surface area contributed by atoms with Gasteiger partial charge in [-0.05, 0) is 54.1 Å². The molecule has 0 amide bonds. The first-order valence-electron chi connectivity index (χ1n) is 9.14. The Morgan fingerprint density at radius 2 is 1.52 bits per heavy atom. The third kappa shape index (κ3) is 5.19. The third-order valence-electron chi connectivity index (χ3n) is 4.31. The Kier molecular flexibility index (Phi) is 5.57. The maximum absolute atomic E-state index is 13.4. The number of benzene rings is 3. The minimum absolute atomic E-state index is 0.209. The van der Waals surface area contributed by atoms with E-state index in [0.717, 1.165) is 5.56 Å². The molecule has 1 atom stereocenters. The highest BCUT2D eigenvalue weighted by Gasteiger charge is 2.31. The number of hydrogen-bond donors (Lipinski definition) is 1. The van der Waals surface area contributed by atoms with E-state index in [0.29, 0.717) is 17.1 Å². The zero-order chi connectivity index (χ0) is 21.8. The van der Waals surface area contributed by atoms with E-state index < -0.39 is 18.2 Å². The third-order valence-corrected chi connectivity index (χ3v) is 4.31. The summed E-state index contributed by atoms with van der Waals surface area (Å²) in [7, 11) is 0. The largest absolute Gasteiger partial charge is 0.573 e. The average Bonchev–Trinajstić information content (AvgIpc) is 3.24. The van der Waals surface area contributed by atoms with Crippen LogP contribution in [0, 0.1) is 5.82 Å². The molecule has 0 spiro atoms. The fourth-order valence-corrected chi connectivity index (χ4v) is 2.91. The zero-order valence-corrected chi connectivity index (χ0v) is 15.8. The molecule has 31 heavy (non-hydrogen) atoms. The average molecular weight is 429 g/mol. The highest BCUT2D eigenvalue weighted by molar-refractivity contribution is 5.53. The molecule has 0 saturated heterocycles. The quantitative estimate of drug-likeness (QED) is 0.383. The number of aromatic nitrogens is 2. The lowest BCUT2D eigenvalue weighted by Gasteiger charge is -2.17.